The smallest absolute Gasteiger partial charge is 0.197 e. The lowest BCUT2D eigenvalue weighted by molar-refractivity contribution is 0.148. The molecule has 0 aliphatic heterocycles. The Morgan fingerprint density at radius 3 is 2.47 bits per heavy atom. The minimum absolute atomic E-state index is 0.294. The first-order valence-electron chi connectivity index (χ1n) is 11.7. The van der Waals surface area contributed by atoms with Crippen molar-refractivity contribution in [1.29, 1.82) is 0 Å². The molecule has 2 aromatic rings. The number of methoxy groups -OCH3 is 1. The summed E-state index contributed by atoms with van der Waals surface area (Å²) >= 11 is 0. The fourth-order valence-electron chi connectivity index (χ4n) is 4.80. The number of aliphatic hydroxyl groups is 1. The summed E-state index contributed by atoms with van der Waals surface area (Å²) < 4.78 is 23.1. The number of rotatable bonds is 9. The van der Waals surface area contributed by atoms with Crippen LogP contribution in [0.2, 0.25) is 0 Å². The van der Waals surface area contributed by atoms with E-state index in [1.807, 2.05) is 30.3 Å². The Hall–Kier alpha value is -1.81. The molecule has 1 unspecified atom stereocenters. The zero-order chi connectivity index (χ0) is 22.8. The van der Waals surface area contributed by atoms with Crippen molar-refractivity contribution >= 4 is 7.37 Å². The van der Waals surface area contributed by atoms with Gasteiger partial charge in [-0.05, 0) is 97.7 Å². The topological polar surface area (TPSA) is 76.0 Å². The highest BCUT2D eigenvalue weighted by Gasteiger charge is 2.44. The van der Waals surface area contributed by atoms with Gasteiger partial charge in [0.15, 0.2) is 7.37 Å². The molecule has 2 fully saturated rings. The predicted molar refractivity (Wildman–Crippen MR) is 127 cm³/mol. The van der Waals surface area contributed by atoms with Crippen LogP contribution in [0.15, 0.2) is 42.5 Å². The van der Waals surface area contributed by atoms with Gasteiger partial charge in [-0.1, -0.05) is 18.2 Å². The summed E-state index contributed by atoms with van der Waals surface area (Å²) in [5.74, 6) is 2.66. The Kier molecular flexibility index (Phi) is 7.00. The first-order chi connectivity index (χ1) is 15.3. The summed E-state index contributed by atoms with van der Waals surface area (Å²) in [6.07, 6.45) is 6.96. The second-order valence-corrected chi connectivity index (χ2v) is 12.2. The van der Waals surface area contributed by atoms with Gasteiger partial charge in [-0.25, -0.2) is 0 Å². The Bertz CT molecular complexity index is 970. The molecule has 5 nitrogen and oxygen atoms in total. The van der Waals surface area contributed by atoms with Crippen LogP contribution in [0.4, 0.5) is 0 Å². The lowest BCUT2D eigenvalue weighted by Crippen LogP contribution is -2.21. The summed E-state index contributed by atoms with van der Waals surface area (Å²) in [7, 11) is -1.30. The van der Waals surface area contributed by atoms with Gasteiger partial charge in [0.25, 0.3) is 0 Å². The van der Waals surface area contributed by atoms with Gasteiger partial charge in [-0.2, -0.15) is 0 Å². The van der Waals surface area contributed by atoms with Crippen molar-refractivity contribution in [3.63, 3.8) is 0 Å². The van der Waals surface area contributed by atoms with Gasteiger partial charge in [0.2, 0.25) is 0 Å². The molecule has 32 heavy (non-hydrogen) atoms. The summed E-state index contributed by atoms with van der Waals surface area (Å²) in [4.78, 5) is 9.52. The van der Waals surface area contributed by atoms with Crippen LogP contribution in [0.25, 0.3) is 0 Å². The second kappa shape index (κ2) is 9.59. The standard InChI is InChI=1S/C26H35O5P/c1-30-22-10-11-25(26(27)13-14-26)24(17-22)21-8-6-20(7-9-21)18-31-23-5-3-4-19(16-23)12-15-32(2,28)29/h3-5,10-11,16-17,20-21,27H,6-9,12-15,18H2,1-2H3,(H,28,29). The zero-order valence-electron chi connectivity index (χ0n) is 19.1. The lowest BCUT2D eigenvalue weighted by atomic mass is 9.76. The number of hydrogen-bond donors (Lipinski definition) is 2. The molecule has 2 N–H and O–H groups in total. The molecule has 1 atom stereocenters. The van der Waals surface area contributed by atoms with E-state index >= 15 is 0 Å². The van der Waals surface area contributed by atoms with E-state index < -0.39 is 13.0 Å². The molecular weight excluding hydrogens is 423 g/mol. The molecule has 0 bridgehead atoms. The van der Waals surface area contributed by atoms with Crippen molar-refractivity contribution in [2.45, 2.75) is 56.5 Å². The fourth-order valence-corrected chi connectivity index (χ4v) is 5.47. The van der Waals surface area contributed by atoms with Gasteiger partial charge in [0, 0.05) is 12.8 Å². The number of ether oxygens (including phenoxy) is 2. The summed E-state index contributed by atoms with van der Waals surface area (Å²) in [5, 5.41) is 10.8. The minimum atomic E-state index is -3.00. The van der Waals surface area contributed by atoms with Crippen LogP contribution in [-0.2, 0) is 16.6 Å². The minimum Gasteiger partial charge on any atom is -0.497 e. The van der Waals surface area contributed by atoms with Crippen molar-refractivity contribution in [3.8, 4) is 11.5 Å². The lowest BCUT2D eigenvalue weighted by Gasteiger charge is -2.31. The van der Waals surface area contributed by atoms with Crippen molar-refractivity contribution < 1.29 is 24.0 Å². The van der Waals surface area contributed by atoms with Gasteiger partial charge in [0.05, 0.1) is 19.3 Å². The average molecular weight is 459 g/mol. The molecule has 2 saturated carbocycles. The van der Waals surface area contributed by atoms with E-state index in [0.29, 0.717) is 31.0 Å². The fraction of sp³-hybridized carbons (Fsp3) is 0.538. The number of hydrogen-bond acceptors (Lipinski definition) is 4. The monoisotopic (exact) mass is 458 g/mol. The number of aryl methyl sites for hydroxylation is 1. The van der Waals surface area contributed by atoms with Gasteiger partial charge in [0.1, 0.15) is 11.5 Å². The molecule has 0 spiro atoms. The normalized spacial score (nSPS) is 23.9. The van der Waals surface area contributed by atoms with Crippen molar-refractivity contribution in [2.75, 3.05) is 26.5 Å². The molecule has 0 radical (unpaired) electrons. The van der Waals surface area contributed by atoms with E-state index in [1.165, 1.54) is 12.2 Å². The highest BCUT2D eigenvalue weighted by molar-refractivity contribution is 7.57. The van der Waals surface area contributed by atoms with Gasteiger partial charge in [-0.15, -0.1) is 0 Å². The molecule has 0 amide bonds. The maximum absolute atomic E-state index is 11.6. The first-order valence-corrected chi connectivity index (χ1v) is 14.0. The van der Waals surface area contributed by atoms with Crippen LogP contribution >= 0.6 is 7.37 Å². The quantitative estimate of drug-likeness (QED) is 0.487. The first kappa shape index (κ1) is 23.4. The van der Waals surface area contributed by atoms with Crippen LogP contribution in [0.3, 0.4) is 0 Å². The Morgan fingerprint density at radius 1 is 1.06 bits per heavy atom. The van der Waals surface area contributed by atoms with Gasteiger partial charge in [-0.3, -0.25) is 4.57 Å². The Morgan fingerprint density at radius 2 is 1.81 bits per heavy atom. The van der Waals surface area contributed by atoms with E-state index in [9.17, 15) is 14.6 Å². The predicted octanol–water partition coefficient (Wildman–Crippen LogP) is 5.47. The Labute approximate surface area is 191 Å². The summed E-state index contributed by atoms with van der Waals surface area (Å²) in [6.45, 7) is 2.10. The third-order valence-corrected chi connectivity index (χ3v) is 8.02. The highest BCUT2D eigenvalue weighted by Crippen LogP contribution is 2.50. The van der Waals surface area contributed by atoms with E-state index in [-0.39, 0.29) is 0 Å². The van der Waals surface area contributed by atoms with E-state index in [1.54, 1.807) is 7.11 Å². The van der Waals surface area contributed by atoms with E-state index in [2.05, 4.69) is 12.1 Å². The SMILES string of the molecule is COc1ccc(C2(O)CC2)c(C2CCC(COc3cccc(CCP(C)(=O)O)c3)CC2)c1. The third kappa shape index (κ3) is 5.95. The van der Waals surface area contributed by atoms with Gasteiger partial charge < -0.3 is 19.5 Å². The summed E-state index contributed by atoms with van der Waals surface area (Å²) in [6, 6.07) is 14.0. The van der Waals surface area contributed by atoms with Crippen LogP contribution in [0, 0.1) is 5.92 Å². The largest absolute Gasteiger partial charge is 0.497 e. The van der Waals surface area contributed by atoms with Crippen LogP contribution in [0.1, 0.15) is 61.1 Å². The molecule has 0 aromatic heterocycles. The summed E-state index contributed by atoms with van der Waals surface area (Å²) in [5.41, 5.74) is 2.75. The third-order valence-electron chi connectivity index (χ3n) is 6.97. The van der Waals surface area contributed by atoms with Crippen LogP contribution in [0.5, 0.6) is 11.5 Å². The maximum Gasteiger partial charge on any atom is 0.197 e. The molecule has 2 aliphatic carbocycles. The van der Waals surface area contributed by atoms with Crippen LogP contribution in [-0.4, -0.2) is 36.5 Å². The maximum atomic E-state index is 11.6. The van der Waals surface area contributed by atoms with Gasteiger partial charge >= 0.3 is 0 Å². The second-order valence-electron chi connectivity index (χ2n) is 9.69. The van der Waals surface area contributed by atoms with Crippen LogP contribution < -0.4 is 9.47 Å². The molecule has 6 heteroatoms. The molecule has 0 saturated heterocycles. The highest BCUT2D eigenvalue weighted by atomic mass is 31.2. The molecule has 2 aliphatic rings. The molecule has 0 heterocycles. The van der Waals surface area contributed by atoms with E-state index in [4.69, 9.17) is 9.47 Å². The van der Waals surface area contributed by atoms with Crippen molar-refractivity contribution in [3.05, 3.63) is 59.2 Å². The number of benzene rings is 2. The van der Waals surface area contributed by atoms with Crippen molar-refractivity contribution in [2.24, 2.45) is 5.92 Å². The molecule has 174 valence electrons. The van der Waals surface area contributed by atoms with E-state index in [0.717, 1.165) is 61.2 Å². The molecular formula is C26H35O5P. The zero-order valence-corrected chi connectivity index (χ0v) is 20.0. The molecule has 4 rings (SSSR count). The average Bonchev–Trinajstić information content (AvgIpc) is 3.54. The van der Waals surface area contributed by atoms with Crippen molar-refractivity contribution in [1.82, 2.24) is 0 Å². The Balaban J connectivity index is 1.32. The molecule has 2 aromatic carbocycles.